The second kappa shape index (κ2) is 4.82. The fourth-order valence-electron chi connectivity index (χ4n) is 5.92. The van der Waals surface area contributed by atoms with Gasteiger partial charge >= 0.3 is 0 Å². The Bertz CT molecular complexity index is 1040. The highest BCUT2D eigenvalue weighted by molar-refractivity contribution is 6.11. The number of hydrogen-bond donors (Lipinski definition) is 0. The molecule has 2 aromatic carbocycles. The minimum atomic E-state index is -0.746. The molecule has 6 heteroatoms. The van der Waals surface area contributed by atoms with Crippen LogP contribution in [0.4, 0.5) is 5.69 Å². The van der Waals surface area contributed by atoms with Gasteiger partial charge in [0, 0.05) is 6.54 Å². The summed E-state index contributed by atoms with van der Waals surface area (Å²) in [5, 5.41) is 0. The van der Waals surface area contributed by atoms with Crippen LogP contribution in [0.3, 0.4) is 0 Å². The van der Waals surface area contributed by atoms with Crippen LogP contribution in [0.15, 0.2) is 54.6 Å². The quantitative estimate of drug-likeness (QED) is 0.754. The average molecular weight is 374 g/mol. The van der Waals surface area contributed by atoms with Gasteiger partial charge in [0.15, 0.2) is 0 Å². The lowest BCUT2D eigenvalue weighted by Gasteiger charge is -2.45. The SMILES string of the molecule is O=C1c2ccccc2N2C(=O)[C@@H]3C[C@@H]4O[C@@]3([C@@H]2N1Cc1ccccc1)[C@H]1O[C@@H]41. The van der Waals surface area contributed by atoms with Gasteiger partial charge in [0.25, 0.3) is 5.91 Å². The third kappa shape index (κ3) is 1.59. The number of rotatable bonds is 2. The topological polar surface area (TPSA) is 62.4 Å². The highest BCUT2D eigenvalue weighted by Crippen LogP contribution is 2.65. The summed E-state index contributed by atoms with van der Waals surface area (Å²) >= 11 is 0. The van der Waals surface area contributed by atoms with Crippen molar-refractivity contribution >= 4 is 17.5 Å². The molecule has 2 amide bonds. The highest BCUT2D eigenvalue weighted by atomic mass is 16.7. The van der Waals surface area contributed by atoms with Crippen LogP contribution in [0.1, 0.15) is 22.3 Å². The van der Waals surface area contributed by atoms with Crippen molar-refractivity contribution in [2.24, 2.45) is 5.92 Å². The number of fused-ring (bicyclic) bond motifs is 6. The number of epoxide rings is 1. The van der Waals surface area contributed by atoms with E-state index in [0.29, 0.717) is 24.2 Å². The Morgan fingerprint density at radius 1 is 1.04 bits per heavy atom. The van der Waals surface area contributed by atoms with Crippen molar-refractivity contribution in [2.75, 3.05) is 4.90 Å². The molecule has 6 nitrogen and oxygen atoms in total. The zero-order valence-corrected chi connectivity index (χ0v) is 15.0. The molecular formula is C22H18N2O4. The molecule has 5 aliphatic heterocycles. The van der Waals surface area contributed by atoms with Crippen LogP contribution in [0, 0.1) is 5.92 Å². The Labute approximate surface area is 161 Å². The summed E-state index contributed by atoms with van der Waals surface area (Å²) in [6.45, 7) is 0.433. The molecule has 140 valence electrons. The van der Waals surface area contributed by atoms with Crippen LogP contribution in [-0.2, 0) is 20.8 Å². The van der Waals surface area contributed by atoms with Crippen molar-refractivity contribution in [2.45, 2.75) is 43.0 Å². The molecule has 0 N–H and O–H groups in total. The molecule has 0 radical (unpaired) electrons. The van der Waals surface area contributed by atoms with Crippen molar-refractivity contribution in [3.63, 3.8) is 0 Å². The molecule has 0 aromatic heterocycles. The molecular weight excluding hydrogens is 356 g/mol. The average Bonchev–Trinajstić information content (AvgIpc) is 3.30. The first-order valence-electron chi connectivity index (χ1n) is 9.80. The van der Waals surface area contributed by atoms with Crippen LogP contribution >= 0.6 is 0 Å². The number of benzene rings is 2. The molecule has 0 unspecified atom stereocenters. The molecule has 2 bridgehead atoms. The number of anilines is 1. The summed E-state index contributed by atoms with van der Waals surface area (Å²) in [5.74, 6) is -0.248. The maximum atomic E-state index is 13.5. The van der Waals surface area contributed by atoms with E-state index in [2.05, 4.69) is 0 Å². The van der Waals surface area contributed by atoms with Crippen molar-refractivity contribution in [1.82, 2.24) is 4.90 Å². The molecule has 2 aromatic rings. The van der Waals surface area contributed by atoms with E-state index < -0.39 is 11.8 Å². The molecule has 5 heterocycles. The zero-order valence-electron chi connectivity index (χ0n) is 15.0. The first-order chi connectivity index (χ1) is 13.7. The minimum Gasteiger partial charge on any atom is -0.363 e. The second-order valence-electron chi connectivity index (χ2n) is 8.34. The lowest BCUT2D eigenvalue weighted by atomic mass is 9.78. The van der Waals surface area contributed by atoms with E-state index in [0.717, 1.165) is 5.56 Å². The van der Waals surface area contributed by atoms with Crippen LogP contribution in [0.2, 0.25) is 0 Å². The Balaban J connectivity index is 1.43. The highest BCUT2D eigenvalue weighted by Gasteiger charge is 2.83. The van der Waals surface area contributed by atoms with Gasteiger partial charge in [-0.2, -0.15) is 0 Å². The number of hydrogen-bond acceptors (Lipinski definition) is 4. The van der Waals surface area contributed by atoms with Gasteiger partial charge in [-0.3, -0.25) is 14.5 Å². The number of carbonyl (C=O) groups excluding carboxylic acids is 2. The number of para-hydroxylation sites is 1. The van der Waals surface area contributed by atoms with Crippen LogP contribution in [0.25, 0.3) is 0 Å². The Kier molecular flexibility index (Phi) is 2.63. The third-order valence-electron chi connectivity index (χ3n) is 7.03. The smallest absolute Gasteiger partial charge is 0.258 e. The van der Waals surface area contributed by atoms with E-state index in [4.69, 9.17) is 9.47 Å². The summed E-state index contributed by atoms with van der Waals surface area (Å²) in [5.41, 5.74) is 1.55. The summed E-state index contributed by atoms with van der Waals surface area (Å²) in [7, 11) is 0. The van der Waals surface area contributed by atoms with Gasteiger partial charge in [0.1, 0.15) is 24.0 Å². The van der Waals surface area contributed by atoms with Gasteiger partial charge in [-0.05, 0) is 24.1 Å². The van der Waals surface area contributed by atoms with Gasteiger partial charge in [-0.15, -0.1) is 0 Å². The van der Waals surface area contributed by atoms with Crippen molar-refractivity contribution in [3.05, 3.63) is 65.7 Å². The lowest BCUT2D eigenvalue weighted by molar-refractivity contribution is -0.123. The van der Waals surface area contributed by atoms with Crippen LogP contribution in [-0.4, -0.2) is 46.8 Å². The van der Waals surface area contributed by atoms with Gasteiger partial charge in [0.05, 0.1) is 23.3 Å². The van der Waals surface area contributed by atoms with Gasteiger partial charge in [-0.25, -0.2) is 0 Å². The minimum absolute atomic E-state index is 0.0213. The number of ether oxygens (including phenoxy) is 2. The number of carbonyl (C=O) groups is 2. The number of amides is 2. The Hall–Kier alpha value is -2.70. The van der Waals surface area contributed by atoms with Gasteiger partial charge < -0.3 is 14.4 Å². The fourth-order valence-corrected chi connectivity index (χ4v) is 5.92. The van der Waals surface area contributed by atoms with Gasteiger partial charge in [0.2, 0.25) is 5.91 Å². The van der Waals surface area contributed by atoms with E-state index >= 15 is 0 Å². The maximum absolute atomic E-state index is 13.5. The predicted molar refractivity (Wildman–Crippen MR) is 98.4 cm³/mol. The molecule has 1 spiro atoms. The van der Waals surface area contributed by atoms with E-state index in [1.165, 1.54) is 0 Å². The molecule has 6 atom stereocenters. The molecule has 28 heavy (non-hydrogen) atoms. The summed E-state index contributed by atoms with van der Waals surface area (Å²) in [6.07, 6.45) is 0.186. The van der Waals surface area contributed by atoms with Crippen LogP contribution in [0.5, 0.6) is 0 Å². The van der Waals surface area contributed by atoms with Crippen molar-refractivity contribution in [1.29, 1.82) is 0 Å². The Morgan fingerprint density at radius 2 is 1.82 bits per heavy atom. The van der Waals surface area contributed by atoms with E-state index in [9.17, 15) is 9.59 Å². The van der Waals surface area contributed by atoms with E-state index in [1.54, 1.807) is 6.07 Å². The maximum Gasteiger partial charge on any atom is 0.258 e. The second-order valence-corrected chi connectivity index (χ2v) is 8.34. The normalized spacial score (nSPS) is 38.9. The first kappa shape index (κ1) is 15.2. The Morgan fingerprint density at radius 3 is 2.64 bits per heavy atom. The van der Waals surface area contributed by atoms with E-state index in [-0.39, 0.29) is 36.0 Å². The zero-order chi connectivity index (χ0) is 18.6. The summed E-state index contributed by atoms with van der Waals surface area (Å²) < 4.78 is 12.4. The molecule has 0 saturated carbocycles. The molecule has 5 aliphatic rings. The van der Waals surface area contributed by atoms with Crippen molar-refractivity contribution < 1.29 is 19.1 Å². The monoisotopic (exact) mass is 374 g/mol. The number of nitrogens with zero attached hydrogens (tertiary/aromatic N) is 2. The standard InChI is InChI=1S/C22H18N2O4/c25-19-13-8-4-5-9-15(13)24-20(26)14-10-16-17-18(27-17)22(14,28-16)21(24)23(19)11-12-6-2-1-3-7-12/h1-9,14,16-18,21H,10-11H2/t14-,16-,17-,18-,21+,22+/m0/s1. The molecule has 7 rings (SSSR count). The first-order valence-corrected chi connectivity index (χ1v) is 9.80. The summed E-state index contributed by atoms with van der Waals surface area (Å²) in [4.78, 5) is 30.7. The third-order valence-corrected chi connectivity index (χ3v) is 7.03. The predicted octanol–water partition coefficient (Wildman–Crippen LogP) is 1.94. The molecule has 0 aliphatic carbocycles. The molecule has 4 fully saturated rings. The van der Waals surface area contributed by atoms with Gasteiger partial charge in [-0.1, -0.05) is 42.5 Å². The van der Waals surface area contributed by atoms with Crippen molar-refractivity contribution in [3.8, 4) is 0 Å². The fraction of sp³-hybridized carbons (Fsp3) is 0.364. The summed E-state index contributed by atoms with van der Waals surface area (Å²) in [6, 6.07) is 17.3. The molecule has 4 saturated heterocycles. The lowest BCUT2D eigenvalue weighted by Crippen LogP contribution is -2.63. The largest absolute Gasteiger partial charge is 0.363 e. The van der Waals surface area contributed by atoms with E-state index in [1.807, 2.05) is 58.3 Å². The van der Waals surface area contributed by atoms with Crippen LogP contribution < -0.4 is 4.90 Å².